The Balaban J connectivity index is 1.53. The average molecular weight is 347 g/mol. The molecular formula is C18H22FN3O3. The number of carbonyl (C=O) groups is 1. The van der Waals surface area contributed by atoms with Crippen molar-refractivity contribution in [2.24, 2.45) is 7.05 Å². The van der Waals surface area contributed by atoms with E-state index in [1.165, 1.54) is 6.07 Å². The lowest BCUT2D eigenvalue weighted by Gasteiger charge is -2.32. The summed E-state index contributed by atoms with van der Waals surface area (Å²) in [5.41, 5.74) is 0.919. The van der Waals surface area contributed by atoms with E-state index in [1.54, 1.807) is 23.1 Å². The normalized spacial score (nSPS) is 17.6. The van der Waals surface area contributed by atoms with E-state index in [4.69, 9.17) is 9.47 Å². The molecule has 1 aromatic carbocycles. The molecule has 1 aliphatic heterocycles. The van der Waals surface area contributed by atoms with Crippen LogP contribution in [0.5, 0.6) is 5.75 Å². The number of aryl methyl sites for hydroxylation is 2. The maximum Gasteiger partial charge on any atom is 0.226 e. The van der Waals surface area contributed by atoms with E-state index in [0.717, 1.165) is 11.5 Å². The summed E-state index contributed by atoms with van der Waals surface area (Å²) in [7, 11) is 1.92. The van der Waals surface area contributed by atoms with Gasteiger partial charge in [0.1, 0.15) is 11.9 Å². The van der Waals surface area contributed by atoms with Gasteiger partial charge in [0.05, 0.1) is 31.9 Å². The van der Waals surface area contributed by atoms with Crippen LogP contribution in [-0.4, -0.2) is 46.7 Å². The predicted molar refractivity (Wildman–Crippen MR) is 89.7 cm³/mol. The van der Waals surface area contributed by atoms with Gasteiger partial charge in [-0.2, -0.15) is 0 Å². The zero-order valence-electron chi connectivity index (χ0n) is 14.4. The van der Waals surface area contributed by atoms with Gasteiger partial charge in [0.25, 0.3) is 0 Å². The maximum atomic E-state index is 13.5. The first-order chi connectivity index (χ1) is 12.0. The second-order valence-corrected chi connectivity index (χ2v) is 6.08. The zero-order valence-corrected chi connectivity index (χ0v) is 14.4. The Kier molecular flexibility index (Phi) is 5.33. The van der Waals surface area contributed by atoms with Crippen LogP contribution in [0.2, 0.25) is 0 Å². The third kappa shape index (κ3) is 4.17. The van der Waals surface area contributed by atoms with Crippen molar-refractivity contribution >= 4 is 5.91 Å². The number of rotatable bonds is 5. The number of benzene rings is 1. The molecule has 1 aromatic heterocycles. The molecule has 0 saturated carbocycles. The SMILES string of the molecule is Cc1cn(C)c(C2CN(C(=O)CCOc3ccccc3F)CCO2)n1. The molecule has 1 aliphatic rings. The van der Waals surface area contributed by atoms with E-state index in [1.807, 2.05) is 24.7 Å². The number of ether oxygens (including phenoxy) is 2. The topological polar surface area (TPSA) is 56.6 Å². The molecule has 1 amide bonds. The Morgan fingerprint density at radius 2 is 2.24 bits per heavy atom. The summed E-state index contributed by atoms with van der Waals surface area (Å²) in [5, 5.41) is 0. The summed E-state index contributed by atoms with van der Waals surface area (Å²) in [5.74, 6) is 0.526. The van der Waals surface area contributed by atoms with Gasteiger partial charge < -0.3 is 18.9 Å². The third-order valence-electron chi connectivity index (χ3n) is 4.15. The molecule has 1 unspecified atom stereocenters. The van der Waals surface area contributed by atoms with Gasteiger partial charge in [-0.05, 0) is 19.1 Å². The van der Waals surface area contributed by atoms with Gasteiger partial charge in [-0.1, -0.05) is 12.1 Å². The first-order valence-electron chi connectivity index (χ1n) is 8.31. The van der Waals surface area contributed by atoms with Crippen LogP contribution in [0, 0.1) is 12.7 Å². The summed E-state index contributed by atoms with van der Waals surface area (Å²) in [6, 6.07) is 6.18. The number of hydrogen-bond acceptors (Lipinski definition) is 4. The van der Waals surface area contributed by atoms with Crippen LogP contribution in [-0.2, 0) is 16.6 Å². The Morgan fingerprint density at radius 3 is 2.96 bits per heavy atom. The maximum absolute atomic E-state index is 13.5. The molecule has 0 aliphatic carbocycles. The summed E-state index contributed by atoms with van der Waals surface area (Å²) < 4.78 is 26.6. The number of imidazole rings is 1. The minimum absolute atomic E-state index is 0.0319. The number of carbonyl (C=O) groups excluding carboxylic acids is 1. The Morgan fingerprint density at radius 1 is 1.44 bits per heavy atom. The highest BCUT2D eigenvalue weighted by molar-refractivity contribution is 5.76. The van der Waals surface area contributed by atoms with Crippen molar-refractivity contribution in [1.82, 2.24) is 14.5 Å². The molecule has 7 heteroatoms. The third-order valence-corrected chi connectivity index (χ3v) is 4.15. The highest BCUT2D eigenvalue weighted by Crippen LogP contribution is 2.22. The molecule has 0 N–H and O–H groups in total. The number of amides is 1. The number of aromatic nitrogens is 2. The number of hydrogen-bond donors (Lipinski definition) is 0. The molecular weight excluding hydrogens is 325 g/mol. The zero-order chi connectivity index (χ0) is 17.8. The Hall–Kier alpha value is -2.41. The molecule has 0 radical (unpaired) electrons. The summed E-state index contributed by atoms with van der Waals surface area (Å²) >= 11 is 0. The lowest BCUT2D eigenvalue weighted by molar-refractivity contribution is -0.139. The average Bonchev–Trinajstić information content (AvgIpc) is 2.95. The van der Waals surface area contributed by atoms with E-state index in [-0.39, 0.29) is 30.8 Å². The van der Waals surface area contributed by atoms with Crippen LogP contribution in [0.1, 0.15) is 24.0 Å². The highest BCUT2D eigenvalue weighted by atomic mass is 19.1. The quantitative estimate of drug-likeness (QED) is 0.832. The monoisotopic (exact) mass is 347 g/mol. The molecule has 6 nitrogen and oxygen atoms in total. The van der Waals surface area contributed by atoms with Crippen LogP contribution in [0.25, 0.3) is 0 Å². The number of nitrogens with zero attached hydrogens (tertiary/aromatic N) is 3. The van der Waals surface area contributed by atoms with Crippen molar-refractivity contribution in [3.63, 3.8) is 0 Å². The second kappa shape index (κ2) is 7.65. The van der Waals surface area contributed by atoms with Crippen LogP contribution in [0.15, 0.2) is 30.5 Å². The molecule has 0 bridgehead atoms. The minimum atomic E-state index is -0.425. The van der Waals surface area contributed by atoms with Gasteiger partial charge in [-0.25, -0.2) is 9.37 Å². The van der Waals surface area contributed by atoms with Gasteiger partial charge in [0.2, 0.25) is 5.91 Å². The molecule has 25 heavy (non-hydrogen) atoms. The van der Waals surface area contributed by atoms with Crippen LogP contribution in [0.3, 0.4) is 0 Å². The van der Waals surface area contributed by atoms with Gasteiger partial charge >= 0.3 is 0 Å². The largest absolute Gasteiger partial charge is 0.490 e. The van der Waals surface area contributed by atoms with E-state index >= 15 is 0 Å². The Bertz CT molecular complexity index is 747. The smallest absolute Gasteiger partial charge is 0.226 e. The number of halogens is 1. The molecule has 0 spiro atoms. The predicted octanol–water partition coefficient (Wildman–Crippen LogP) is 2.24. The summed E-state index contributed by atoms with van der Waals surface area (Å²) in [4.78, 5) is 18.6. The van der Waals surface area contributed by atoms with Crippen LogP contribution >= 0.6 is 0 Å². The Labute approximate surface area is 146 Å². The first kappa shape index (κ1) is 17.4. The first-order valence-corrected chi connectivity index (χ1v) is 8.31. The molecule has 1 fully saturated rings. The summed E-state index contributed by atoms with van der Waals surface area (Å²) in [6.07, 6.45) is 1.89. The van der Waals surface area contributed by atoms with Crippen molar-refractivity contribution in [3.8, 4) is 5.75 Å². The van der Waals surface area contributed by atoms with E-state index < -0.39 is 5.82 Å². The fourth-order valence-corrected chi connectivity index (χ4v) is 2.93. The van der Waals surface area contributed by atoms with Gasteiger partial charge in [0.15, 0.2) is 11.6 Å². The summed E-state index contributed by atoms with van der Waals surface area (Å²) in [6.45, 7) is 3.54. The highest BCUT2D eigenvalue weighted by Gasteiger charge is 2.28. The van der Waals surface area contributed by atoms with Gasteiger partial charge in [-0.3, -0.25) is 4.79 Å². The lowest BCUT2D eigenvalue weighted by atomic mass is 10.2. The lowest BCUT2D eigenvalue weighted by Crippen LogP contribution is -2.43. The van der Waals surface area contributed by atoms with E-state index in [0.29, 0.717) is 19.7 Å². The second-order valence-electron chi connectivity index (χ2n) is 6.08. The van der Waals surface area contributed by atoms with Crippen molar-refractivity contribution in [2.45, 2.75) is 19.4 Å². The standard InChI is InChI=1S/C18H22FN3O3/c1-13-11-21(2)18(20-13)16-12-22(8-10-25-16)17(23)7-9-24-15-6-4-3-5-14(15)19/h3-6,11,16H,7-10,12H2,1-2H3. The molecule has 1 saturated heterocycles. The van der Waals surface area contributed by atoms with Crippen LogP contribution in [0.4, 0.5) is 4.39 Å². The van der Waals surface area contributed by atoms with Crippen molar-refractivity contribution in [3.05, 3.63) is 47.8 Å². The van der Waals surface area contributed by atoms with Gasteiger partial charge in [-0.15, -0.1) is 0 Å². The number of morpholine rings is 1. The van der Waals surface area contributed by atoms with Gasteiger partial charge in [0, 0.05) is 19.8 Å². The fourth-order valence-electron chi connectivity index (χ4n) is 2.93. The van der Waals surface area contributed by atoms with Crippen molar-refractivity contribution in [2.75, 3.05) is 26.3 Å². The van der Waals surface area contributed by atoms with Crippen LogP contribution < -0.4 is 4.74 Å². The van der Waals surface area contributed by atoms with E-state index in [9.17, 15) is 9.18 Å². The van der Waals surface area contributed by atoms with E-state index in [2.05, 4.69) is 4.98 Å². The molecule has 2 heterocycles. The van der Waals surface area contributed by atoms with Crippen molar-refractivity contribution < 1.29 is 18.7 Å². The molecule has 134 valence electrons. The number of para-hydroxylation sites is 1. The molecule has 1 atom stereocenters. The van der Waals surface area contributed by atoms with Crippen molar-refractivity contribution in [1.29, 1.82) is 0 Å². The fraction of sp³-hybridized carbons (Fsp3) is 0.444. The minimum Gasteiger partial charge on any atom is -0.490 e. The molecule has 2 aromatic rings. The molecule has 3 rings (SSSR count).